The first-order chi connectivity index (χ1) is 30.4. The highest BCUT2D eigenvalue weighted by Crippen LogP contribution is 2.32. The summed E-state index contributed by atoms with van der Waals surface area (Å²) in [4.78, 5) is 13.6. The normalized spacial score (nSPS) is 11.6. The molecule has 0 aliphatic heterocycles. The zero-order valence-electron chi connectivity index (χ0n) is 40.9. The quantitative estimate of drug-likeness (QED) is 0.163. The van der Waals surface area contributed by atoms with Crippen LogP contribution in [0.5, 0.6) is 0 Å². The third-order valence-corrected chi connectivity index (χ3v) is 11.3. The second kappa shape index (κ2) is 19.2. The second-order valence-corrected chi connectivity index (χ2v) is 16.0. The average molecular weight is 809 g/mol. The Balaban J connectivity index is 0.000000172. The molecule has 0 saturated heterocycles. The van der Waals surface area contributed by atoms with Crippen molar-refractivity contribution >= 4 is 0 Å². The predicted molar refractivity (Wildman–Crippen MR) is 251 cm³/mol. The van der Waals surface area contributed by atoms with E-state index in [4.69, 9.17) is 9.10 Å². The van der Waals surface area contributed by atoms with Crippen molar-refractivity contribution in [2.75, 3.05) is 0 Å². The van der Waals surface area contributed by atoms with Crippen molar-refractivity contribution < 1.29 is 17.8 Å². The van der Waals surface area contributed by atoms with E-state index in [1.807, 2.05) is 62.1 Å². The maximum atomic E-state index is 7.45. The highest BCUT2D eigenvalue weighted by atomic mass is 14.9. The monoisotopic (exact) mass is 809 g/mol. The van der Waals surface area contributed by atoms with Crippen molar-refractivity contribution in [3.63, 3.8) is 0 Å². The maximum absolute atomic E-state index is 7.45. The SMILES string of the molecule is Cc1ccccc1-c1ccc(-c2c(C)cc(-c3c(C)cccc3C)nc2C)[n+](C)c1.Cc1ccnc(C)c1-c1cccc[n+]1C.[2H]C([2H])([2H])c1cc(C)c(-c2cccc[n+]2C)c(C)n1. The molecular formula is C55H61N6+3. The molecule has 8 aromatic rings. The van der Waals surface area contributed by atoms with Gasteiger partial charge in [0.1, 0.15) is 21.1 Å². The Morgan fingerprint density at radius 2 is 0.967 bits per heavy atom. The van der Waals surface area contributed by atoms with Gasteiger partial charge < -0.3 is 0 Å². The van der Waals surface area contributed by atoms with Gasteiger partial charge in [0.15, 0.2) is 18.6 Å². The van der Waals surface area contributed by atoms with Gasteiger partial charge in [-0.25, -0.2) is 13.7 Å². The molecule has 0 unspecified atom stereocenters. The molecule has 6 aromatic heterocycles. The number of pyridine rings is 6. The number of hydrogen-bond donors (Lipinski definition) is 0. The number of aryl methyl sites for hydroxylation is 13. The number of hydrogen-bond acceptors (Lipinski definition) is 3. The number of rotatable bonds is 5. The lowest BCUT2D eigenvalue weighted by atomic mass is 9.95. The minimum Gasteiger partial charge on any atom is -0.261 e. The average Bonchev–Trinajstić information content (AvgIpc) is 3.22. The molecule has 61 heavy (non-hydrogen) atoms. The van der Waals surface area contributed by atoms with Gasteiger partial charge in [-0.05, 0) is 145 Å². The van der Waals surface area contributed by atoms with Gasteiger partial charge in [0, 0.05) is 57.5 Å². The van der Waals surface area contributed by atoms with Crippen LogP contribution < -0.4 is 13.7 Å². The van der Waals surface area contributed by atoms with Crippen molar-refractivity contribution in [3.05, 3.63) is 190 Å². The first-order valence-electron chi connectivity index (χ1n) is 22.3. The molecule has 0 N–H and O–H groups in total. The van der Waals surface area contributed by atoms with E-state index in [0.29, 0.717) is 0 Å². The van der Waals surface area contributed by atoms with Crippen LogP contribution in [0.15, 0.2) is 134 Å². The van der Waals surface area contributed by atoms with Crippen molar-refractivity contribution in [2.24, 2.45) is 21.1 Å². The van der Waals surface area contributed by atoms with Crippen LogP contribution in [-0.2, 0) is 21.1 Å². The highest BCUT2D eigenvalue weighted by Gasteiger charge is 2.20. The van der Waals surface area contributed by atoms with Crippen LogP contribution >= 0.6 is 0 Å². The molecule has 6 nitrogen and oxygen atoms in total. The molecule has 308 valence electrons. The summed E-state index contributed by atoms with van der Waals surface area (Å²) in [6.07, 6.45) is 8.10. The fourth-order valence-corrected chi connectivity index (χ4v) is 8.36. The van der Waals surface area contributed by atoms with Crippen LogP contribution in [0, 0.1) is 69.2 Å². The molecule has 6 heteroatoms. The summed E-state index contributed by atoms with van der Waals surface area (Å²) < 4.78 is 28.7. The van der Waals surface area contributed by atoms with Crippen LogP contribution in [0.2, 0.25) is 0 Å². The summed E-state index contributed by atoms with van der Waals surface area (Å²) in [5.41, 5.74) is 22.0. The van der Waals surface area contributed by atoms with Crippen molar-refractivity contribution in [1.82, 2.24) is 15.0 Å². The Bertz CT molecular complexity index is 2880. The maximum Gasteiger partial charge on any atom is 0.214 e. The molecular weight excluding hydrogens is 745 g/mol. The molecule has 0 amide bonds. The molecule has 0 radical (unpaired) electrons. The van der Waals surface area contributed by atoms with E-state index in [0.717, 1.165) is 39.6 Å². The summed E-state index contributed by atoms with van der Waals surface area (Å²) in [7, 11) is 6.14. The lowest BCUT2D eigenvalue weighted by Crippen LogP contribution is -2.31. The smallest absolute Gasteiger partial charge is 0.214 e. The Labute approximate surface area is 368 Å². The van der Waals surface area contributed by atoms with Crippen molar-refractivity contribution in [1.29, 1.82) is 0 Å². The van der Waals surface area contributed by atoms with Crippen LogP contribution in [0.25, 0.3) is 56.2 Å². The molecule has 0 fully saturated rings. The Morgan fingerprint density at radius 1 is 0.443 bits per heavy atom. The summed E-state index contributed by atoms with van der Waals surface area (Å²) in [6, 6.07) is 37.5. The van der Waals surface area contributed by atoms with E-state index in [1.165, 1.54) is 67.0 Å². The summed E-state index contributed by atoms with van der Waals surface area (Å²) in [5.74, 6) is 0. The lowest BCUT2D eigenvalue weighted by molar-refractivity contribution is -0.660. The van der Waals surface area contributed by atoms with E-state index >= 15 is 0 Å². The fraction of sp³-hybridized carbons (Fsp3) is 0.236. The van der Waals surface area contributed by atoms with Crippen molar-refractivity contribution in [3.8, 4) is 56.2 Å². The third kappa shape index (κ3) is 9.87. The zero-order valence-corrected chi connectivity index (χ0v) is 37.9. The zero-order chi connectivity index (χ0) is 46.5. The Morgan fingerprint density at radius 3 is 1.51 bits per heavy atom. The van der Waals surface area contributed by atoms with Crippen molar-refractivity contribution in [2.45, 2.75) is 69.2 Å². The van der Waals surface area contributed by atoms with Crippen LogP contribution in [0.4, 0.5) is 0 Å². The van der Waals surface area contributed by atoms with E-state index in [9.17, 15) is 0 Å². The largest absolute Gasteiger partial charge is 0.261 e. The first kappa shape index (κ1) is 39.8. The number of benzene rings is 2. The van der Waals surface area contributed by atoms with Gasteiger partial charge in [0.2, 0.25) is 17.1 Å². The molecule has 0 aliphatic carbocycles. The highest BCUT2D eigenvalue weighted by molar-refractivity contribution is 5.74. The minimum atomic E-state index is -2.16. The lowest BCUT2D eigenvalue weighted by Gasteiger charge is -2.14. The summed E-state index contributed by atoms with van der Waals surface area (Å²) in [6.45, 7) is 16.6. The predicted octanol–water partition coefficient (Wildman–Crippen LogP) is 11.1. The molecule has 0 atom stereocenters. The molecule has 0 saturated carbocycles. The minimum absolute atomic E-state index is 0.157. The summed E-state index contributed by atoms with van der Waals surface area (Å²) in [5, 5.41) is 0. The number of aromatic nitrogens is 6. The molecule has 0 aliphatic rings. The Kier molecular flexibility index (Phi) is 12.5. The number of nitrogens with zero attached hydrogens (tertiary/aromatic N) is 6. The topological polar surface area (TPSA) is 50.3 Å². The fourth-order valence-electron chi connectivity index (χ4n) is 8.36. The van der Waals surface area contributed by atoms with E-state index in [-0.39, 0.29) is 5.69 Å². The van der Waals surface area contributed by atoms with E-state index in [2.05, 4.69) is 173 Å². The first-order valence-corrected chi connectivity index (χ1v) is 20.8. The van der Waals surface area contributed by atoms with E-state index in [1.54, 1.807) is 6.07 Å². The van der Waals surface area contributed by atoms with Crippen LogP contribution in [-0.4, -0.2) is 15.0 Å². The molecule has 6 heterocycles. The van der Waals surface area contributed by atoms with Gasteiger partial charge in [0.25, 0.3) is 0 Å². The van der Waals surface area contributed by atoms with Gasteiger partial charge in [-0.3, -0.25) is 15.0 Å². The van der Waals surface area contributed by atoms with Gasteiger partial charge >= 0.3 is 0 Å². The Hall–Kier alpha value is -6.66. The molecule has 0 spiro atoms. The van der Waals surface area contributed by atoms with E-state index < -0.39 is 6.85 Å². The molecule has 8 rings (SSSR count). The standard InChI is InChI=1S/C28H29N2.C14H17N2.C13H15N2/c1-18-10-7-8-13-24(18)23-14-15-26(30(6)17-23)28-21(4)16-25(29-22(28)5)27-19(2)11-9-12-20(27)3;1-10-9-11(2)15-12(3)14(10)13-7-5-6-8-16(13)4;1-10-7-8-14-11(2)13(10)12-6-4-5-9-15(12)3/h7-17H,1-6H3;5-9H,1-4H3;4-9H,1-3H3/q3*+1/i;2D3;. The third-order valence-electron chi connectivity index (χ3n) is 11.3. The molecule has 2 aromatic carbocycles. The van der Waals surface area contributed by atoms with Gasteiger partial charge in [-0.2, -0.15) is 0 Å². The summed E-state index contributed by atoms with van der Waals surface area (Å²) >= 11 is 0. The van der Waals surface area contributed by atoms with Crippen LogP contribution in [0.3, 0.4) is 0 Å². The van der Waals surface area contributed by atoms with Gasteiger partial charge in [0.05, 0.1) is 39.5 Å². The van der Waals surface area contributed by atoms with Gasteiger partial charge in [-0.15, -0.1) is 0 Å². The van der Waals surface area contributed by atoms with Crippen LogP contribution in [0.1, 0.15) is 60.3 Å². The second-order valence-electron chi connectivity index (χ2n) is 16.0. The van der Waals surface area contributed by atoms with Gasteiger partial charge in [-0.1, -0.05) is 42.5 Å². The molecule has 0 bridgehead atoms.